The van der Waals surface area contributed by atoms with Gasteiger partial charge in [0.05, 0.1) is 11.6 Å². The van der Waals surface area contributed by atoms with E-state index in [0.717, 1.165) is 13.1 Å². The molecule has 0 fully saturated rings. The highest BCUT2D eigenvalue weighted by molar-refractivity contribution is 5.32. The van der Waals surface area contributed by atoms with Gasteiger partial charge in [0.15, 0.2) is 0 Å². The Balaban J connectivity index is 2.82. The molecule has 0 bridgehead atoms. The van der Waals surface area contributed by atoms with Gasteiger partial charge in [-0.2, -0.15) is 5.26 Å². The van der Waals surface area contributed by atoms with Crippen molar-refractivity contribution in [2.75, 3.05) is 13.1 Å². The lowest BCUT2D eigenvalue weighted by molar-refractivity contribution is 0.241. The van der Waals surface area contributed by atoms with E-state index in [1.807, 2.05) is 31.2 Å². The third-order valence-electron chi connectivity index (χ3n) is 2.95. The summed E-state index contributed by atoms with van der Waals surface area (Å²) in [5, 5.41) is 8.77. The molecule has 0 saturated heterocycles. The number of rotatable bonds is 5. The first kappa shape index (κ1) is 13.5. The van der Waals surface area contributed by atoms with Crippen LogP contribution in [0, 0.1) is 11.3 Å². The van der Waals surface area contributed by atoms with Crippen molar-refractivity contribution in [2.45, 2.75) is 26.8 Å². The van der Waals surface area contributed by atoms with Crippen molar-refractivity contribution in [3.05, 3.63) is 47.5 Å². The Kier molecular flexibility index (Phi) is 4.93. The van der Waals surface area contributed by atoms with Gasteiger partial charge in [0.2, 0.25) is 0 Å². The quantitative estimate of drug-likeness (QED) is 0.721. The first-order valence-electron chi connectivity index (χ1n) is 5.97. The van der Waals surface area contributed by atoms with E-state index >= 15 is 0 Å². The van der Waals surface area contributed by atoms with Gasteiger partial charge in [-0.3, -0.25) is 4.90 Å². The summed E-state index contributed by atoms with van der Waals surface area (Å²) in [7, 11) is 0. The highest BCUT2D eigenvalue weighted by Gasteiger charge is 2.13. The molecule has 0 radical (unpaired) electrons. The molecular formula is C15H20N2. The van der Waals surface area contributed by atoms with Gasteiger partial charge >= 0.3 is 0 Å². The molecule has 0 spiro atoms. The van der Waals surface area contributed by atoms with Crippen LogP contribution in [-0.2, 0) is 0 Å². The Morgan fingerprint density at radius 2 is 2.00 bits per heavy atom. The van der Waals surface area contributed by atoms with Crippen LogP contribution in [0.15, 0.2) is 36.4 Å². The van der Waals surface area contributed by atoms with Gasteiger partial charge in [-0.15, -0.1) is 0 Å². The molecule has 1 atom stereocenters. The van der Waals surface area contributed by atoms with Crippen molar-refractivity contribution >= 4 is 0 Å². The number of hydrogen-bond donors (Lipinski definition) is 0. The Labute approximate surface area is 104 Å². The fourth-order valence-electron chi connectivity index (χ4n) is 1.92. The molecule has 1 aromatic rings. The minimum atomic E-state index is 0.351. The van der Waals surface area contributed by atoms with E-state index < -0.39 is 0 Å². The fourth-order valence-corrected chi connectivity index (χ4v) is 1.92. The zero-order chi connectivity index (χ0) is 12.8. The molecule has 0 saturated carbocycles. The van der Waals surface area contributed by atoms with E-state index in [9.17, 15) is 0 Å². The van der Waals surface area contributed by atoms with Gasteiger partial charge in [-0.25, -0.2) is 0 Å². The molecule has 0 aromatic heterocycles. The average Bonchev–Trinajstić information content (AvgIpc) is 2.35. The van der Waals surface area contributed by atoms with E-state index in [1.165, 1.54) is 11.1 Å². The molecule has 0 aliphatic carbocycles. The van der Waals surface area contributed by atoms with Gasteiger partial charge in [-0.1, -0.05) is 31.2 Å². The van der Waals surface area contributed by atoms with Crippen LogP contribution in [0.2, 0.25) is 0 Å². The number of hydrogen-bond acceptors (Lipinski definition) is 2. The van der Waals surface area contributed by atoms with Gasteiger partial charge in [0.1, 0.15) is 0 Å². The lowest BCUT2D eigenvalue weighted by atomic mass is 10.0. The number of nitriles is 1. The molecule has 0 amide bonds. The maximum absolute atomic E-state index is 8.77. The Morgan fingerprint density at radius 1 is 1.41 bits per heavy atom. The lowest BCUT2D eigenvalue weighted by Crippen LogP contribution is -2.28. The summed E-state index contributed by atoms with van der Waals surface area (Å²) in [6.07, 6.45) is 0. The van der Waals surface area contributed by atoms with Crippen molar-refractivity contribution in [3.63, 3.8) is 0 Å². The minimum absolute atomic E-state index is 0.351. The van der Waals surface area contributed by atoms with E-state index in [0.29, 0.717) is 11.6 Å². The van der Waals surface area contributed by atoms with E-state index in [4.69, 9.17) is 5.26 Å². The molecule has 90 valence electrons. The molecule has 2 nitrogen and oxygen atoms in total. The van der Waals surface area contributed by atoms with Gasteiger partial charge in [0.25, 0.3) is 0 Å². The van der Waals surface area contributed by atoms with Crippen molar-refractivity contribution in [1.82, 2.24) is 4.90 Å². The van der Waals surface area contributed by atoms with Crippen molar-refractivity contribution in [1.29, 1.82) is 5.26 Å². The number of benzene rings is 1. The van der Waals surface area contributed by atoms with Crippen LogP contribution < -0.4 is 0 Å². The first-order chi connectivity index (χ1) is 8.08. The number of likely N-dealkylation sites (N-methyl/N-ethyl adjacent to an activating group) is 1. The Hall–Kier alpha value is -1.59. The molecule has 0 N–H and O–H groups in total. The summed E-state index contributed by atoms with van der Waals surface area (Å²) in [6.45, 7) is 12.3. The van der Waals surface area contributed by atoms with Crippen LogP contribution in [0.1, 0.15) is 37.9 Å². The third-order valence-corrected chi connectivity index (χ3v) is 2.95. The standard InChI is InChI=1S/C15H20N2/c1-5-17(11-12(2)3)13(4)15-8-6-14(10-16)7-9-15/h6-9,13H,2,5,11H2,1,3-4H3/t13-/m0/s1. The van der Waals surface area contributed by atoms with Crippen LogP contribution in [0.3, 0.4) is 0 Å². The molecule has 1 aromatic carbocycles. The zero-order valence-electron chi connectivity index (χ0n) is 10.9. The summed E-state index contributed by atoms with van der Waals surface area (Å²) in [5.41, 5.74) is 3.13. The molecule has 0 aliphatic rings. The van der Waals surface area contributed by atoms with Crippen molar-refractivity contribution in [3.8, 4) is 6.07 Å². The van der Waals surface area contributed by atoms with Crippen LogP contribution in [0.25, 0.3) is 0 Å². The molecule has 1 rings (SSSR count). The average molecular weight is 228 g/mol. The summed E-state index contributed by atoms with van der Waals surface area (Å²) >= 11 is 0. The lowest BCUT2D eigenvalue weighted by Gasteiger charge is -2.28. The van der Waals surface area contributed by atoms with Crippen LogP contribution in [0.5, 0.6) is 0 Å². The van der Waals surface area contributed by atoms with Crippen LogP contribution >= 0.6 is 0 Å². The molecule has 0 unspecified atom stereocenters. The predicted molar refractivity (Wildman–Crippen MR) is 71.6 cm³/mol. The molecule has 0 aliphatic heterocycles. The third kappa shape index (κ3) is 3.72. The van der Waals surface area contributed by atoms with Crippen LogP contribution in [-0.4, -0.2) is 18.0 Å². The van der Waals surface area contributed by atoms with Gasteiger partial charge in [0, 0.05) is 12.6 Å². The van der Waals surface area contributed by atoms with Gasteiger partial charge in [-0.05, 0) is 38.1 Å². The summed E-state index contributed by atoms with van der Waals surface area (Å²) in [4.78, 5) is 2.36. The Morgan fingerprint density at radius 3 is 2.41 bits per heavy atom. The predicted octanol–water partition coefficient (Wildman–Crippen LogP) is 3.52. The smallest absolute Gasteiger partial charge is 0.0991 e. The van der Waals surface area contributed by atoms with Crippen molar-refractivity contribution in [2.24, 2.45) is 0 Å². The van der Waals surface area contributed by atoms with E-state index in [1.54, 1.807) is 0 Å². The highest BCUT2D eigenvalue weighted by Crippen LogP contribution is 2.20. The molecule has 2 heteroatoms. The second-order valence-electron chi connectivity index (χ2n) is 4.43. The van der Waals surface area contributed by atoms with E-state index in [2.05, 4.69) is 31.4 Å². The molecular weight excluding hydrogens is 208 g/mol. The minimum Gasteiger partial charge on any atom is -0.293 e. The summed E-state index contributed by atoms with van der Waals surface area (Å²) < 4.78 is 0. The summed E-state index contributed by atoms with van der Waals surface area (Å²) in [5.74, 6) is 0. The summed E-state index contributed by atoms with van der Waals surface area (Å²) in [6, 6.07) is 10.3. The molecule has 0 heterocycles. The second kappa shape index (κ2) is 6.22. The monoisotopic (exact) mass is 228 g/mol. The van der Waals surface area contributed by atoms with Crippen LogP contribution in [0.4, 0.5) is 0 Å². The highest BCUT2D eigenvalue weighted by atomic mass is 15.1. The SMILES string of the molecule is C=C(C)CN(CC)[C@@H](C)c1ccc(C#N)cc1. The van der Waals surface area contributed by atoms with Gasteiger partial charge < -0.3 is 0 Å². The number of nitrogens with zero attached hydrogens (tertiary/aromatic N) is 2. The first-order valence-corrected chi connectivity index (χ1v) is 5.97. The maximum Gasteiger partial charge on any atom is 0.0991 e. The Bertz CT molecular complexity index is 412. The second-order valence-corrected chi connectivity index (χ2v) is 4.43. The largest absolute Gasteiger partial charge is 0.293 e. The topological polar surface area (TPSA) is 27.0 Å². The van der Waals surface area contributed by atoms with Crippen molar-refractivity contribution < 1.29 is 0 Å². The molecule has 17 heavy (non-hydrogen) atoms. The zero-order valence-corrected chi connectivity index (χ0v) is 10.9. The van der Waals surface area contributed by atoms with E-state index in [-0.39, 0.29) is 0 Å². The fraction of sp³-hybridized carbons (Fsp3) is 0.400. The normalized spacial score (nSPS) is 12.2. The maximum atomic E-state index is 8.77.